The Morgan fingerprint density at radius 3 is 2.32 bits per heavy atom. The Hall–Kier alpha value is -3.12. The maximum atomic E-state index is 12.7. The molecule has 2 aromatic heterocycles. The van der Waals surface area contributed by atoms with Crippen molar-refractivity contribution in [2.24, 2.45) is 12.8 Å². The van der Waals surface area contributed by atoms with Crippen LogP contribution in [0.15, 0.2) is 24.5 Å². The number of anilines is 2. The first-order valence-corrected chi connectivity index (χ1v) is 11.4. The summed E-state index contributed by atoms with van der Waals surface area (Å²) in [6.45, 7) is 3.63. The number of carbonyl (C=O) groups excluding carboxylic acids is 3. The van der Waals surface area contributed by atoms with Crippen molar-refractivity contribution in [2.75, 3.05) is 23.5 Å². The molecule has 2 heterocycles. The lowest BCUT2D eigenvalue weighted by molar-refractivity contribution is -0.116. The number of nitrogens with two attached hydrogens (primary N) is 1. The van der Waals surface area contributed by atoms with Crippen molar-refractivity contribution in [3.8, 4) is 0 Å². The lowest BCUT2D eigenvalue weighted by Crippen LogP contribution is -2.18. The molecule has 2 rings (SSSR count). The minimum atomic E-state index is -3.62. The SMILES string of the molecule is CC[C@@H](C)n1cc(NC(=O)c2cc(NC(=O)CCOS(C)(=O)=O)cn2C)cc1C(N)=O. The summed E-state index contributed by atoms with van der Waals surface area (Å²) in [4.78, 5) is 36.3. The third-order valence-corrected chi connectivity index (χ3v) is 5.17. The van der Waals surface area contributed by atoms with Gasteiger partial charge >= 0.3 is 0 Å². The van der Waals surface area contributed by atoms with E-state index in [4.69, 9.17) is 5.73 Å². The highest BCUT2D eigenvalue weighted by Gasteiger charge is 2.18. The molecule has 12 heteroatoms. The average molecular weight is 454 g/mol. The van der Waals surface area contributed by atoms with Crippen molar-refractivity contribution < 1.29 is 27.0 Å². The maximum Gasteiger partial charge on any atom is 0.272 e. The molecule has 0 aliphatic rings. The molecule has 0 bridgehead atoms. The zero-order valence-corrected chi connectivity index (χ0v) is 18.7. The predicted octanol–water partition coefficient (Wildman–Crippen LogP) is 1.45. The number of aryl methyl sites for hydroxylation is 1. The van der Waals surface area contributed by atoms with Crippen LogP contribution in [0.25, 0.3) is 0 Å². The van der Waals surface area contributed by atoms with Crippen LogP contribution in [0, 0.1) is 0 Å². The smallest absolute Gasteiger partial charge is 0.272 e. The second kappa shape index (κ2) is 9.79. The van der Waals surface area contributed by atoms with E-state index < -0.39 is 27.8 Å². The lowest BCUT2D eigenvalue weighted by Gasteiger charge is -2.13. The fraction of sp³-hybridized carbons (Fsp3) is 0.421. The molecular weight excluding hydrogens is 426 g/mol. The van der Waals surface area contributed by atoms with Gasteiger partial charge in [-0.15, -0.1) is 0 Å². The van der Waals surface area contributed by atoms with Gasteiger partial charge in [-0.3, -0.25) is 18.6 Å². The number of nitrogens with zero attached hydrogens (tertiary/aromatic N) is 2. The zero-order valence-electron chi connectivity index (χ0n) is 17.8. The van der Waals surface area contributed by atoms with Crippen molar-refractivity contribution in [1.82, 2.24) is 9.13 Å². The first-order chi connectivity index (χ1) is 14.4. The number of amides is 3. The molecule has 0 aliphatic carbocycles. The summed E-state index contributed by atoms with van der Waals surface area (Å²) in [6.07, 6.45) is 4.71. The van der Waals surface area contributed by atoms with E-state index in [-0.39, 0.29) is 24.8 Å². The molecule has 0 radical (unpaired) electrons. The average Bonchev–Trinajstić information content (AvgIpc) is 3.23. The third kappa shape index (κ3) is 6.69. The van der Waals surface area contributed by atoms with Gasteiger partial charge in [0.05, 0.1) is 30.7 Å². The molecule has 0 unspecified atom stereocenters. The van der Waals surface area contributed by atoms with Gasteiger partial charge in [0.25, 0.3) is 21.9 Å². The summed E-state index contributed by atoms with van der Waals surface area (Å²) in [6, 6.07) is 3.02. The Bertz CT molecular complexity index is 1090. The van der Waals surface area contributed by atoms with Crippen LogP contribution < -0.4 is 16.4 Å². The monoisotopic (exact) mass is 453 g/mol. The zero-order chi connectivity index (χ0) is 23.3. The van der Waals surface area contributed by atoms with E-state index in [0.717, 1.165) is 12.7 Å². The van der Waals surface area contributed by atoms with Gasteiger partial charge in [0.1, 0.15) is 11.4 Å². The second-order valence-electron chi connectivity index (χ2n) is 7.15. The number of hydrogen-bond donors (Lipinski definition) is 3. The van der Waals surface area contributed by atoms with Crippen molar-refractivity contribution in [3.63, 3.8) is 0 Å². The second-order valence-corrected chi connectivity index (χ2v) is 8.79. The minimum absolute atomic E-state index is 0.0247. The van der Waals surface area contributed by atoms with Gasteiger partial charge in [0.15, 0.2) is 0 Å². The summed E-state index contributed by atoms with van der Waals surface area (Å²) in [5.41, 5.74) is 6.78. The summed E-state index contributed by atoms with van der Waals surface area (Å²) in [5, 5.41) is 5.30. The molecule has 4 N–H and O–H groups in total. The highest BCUT2D eigenvalue weighted by molar-refractivity contribution is 7.85. The van der Waals surface area contributed by atoms with Crippen molar-refractivity contribution >= 4 is 39.2 Å². The highest BCUT2D eigenvalue weighted by atomic mass is 32.2. The molecule has 31 heavy (non-hydrogen) atoms. The maximum absolute atomic E-state index is 12.7. The minimum Gasteiger partial charge on any atom is -0.364 e. The summed E-state index contributed by atoms with van der Waals surface area (Å²) >= 11 is 0. The van der Waals surface area contributed by atoms with Crippen molar-refractivity contribution in [1.29, 1.82) is 0 Å². The molecule has 0 aromatic carbocycles. The normalized spacial score (nSPS) is 12.4. The van der Waals surface area contributed by atoms with Crippen LogP contribution in [0.3, 0.4) is 0 Å². The van der Waals surface area contributed by atoms with Crippen LogP contribution in [0.4, 0.5) is 11.4 Å². The number of hydrogen-bond acceptors (Lipinski definition) is 6. The van der Waals surface area contributed by atoms with E-state index in [1.54, 1.807) is 24.0 Å². The molecule has 170 valence electrons. The Morgan fingerprint density at radius 2 is 1.74 bits per heavy atom. The molecule has 0 saturated carbocycles. The van der Waals surface area contributed by atoms with Gasteiger partial charge in [-0.1, -0.05) is 6.92 Å². The molecule has 0 spiro atoms. The Balaban J connectivity index is 2.08. The van der Waals surface area contributed by atoms with E-state index in [2.05, 4.69) is 14.8 Å². The predicted molar refractivity (Wildman–Crippen MR) is 115 cm³/mol. The molecule has 0 aliphatic heterocycles. The first kappa shape index (κ1) is 24.2. The van der Waals surface area contributed by atoms with Crippen LogP contribution in [-0.2, 0) is 26.1 Å². The molecular formula is C19H27N5O6S. The summed E-state index contributed by atoms with van der Waals surface area (Å²) in [7, 11) is -1.98. The molecule has 11 nitrogen and oxygen atoms in total. The largest absolute Gasteiger partial charge is 0.364 e. The molecule has 1 atom stereocenters. The number of primary amides is 1. The Kier molecular flexibility index (Phi) is 7.63. The summed E-state index contributed by atoms with van der Waals surface area (Å²) < 4.78 is 29.6. The van der Waals surface area contributed by atoms with Crippen LogP contribution in [-0.4, -0.2) is 48.1 Å². The van der Waals surface area contributed by atoms with Crippen LogP contribution in [0.1, 0.15) is 53.7 Å². The quantitative estimate of drug-likeness (QED) is 0.463. The Labute approximate surface area is 180 Å². The number of carbonyl (C=O) groups is 3. The van der Waals surface area contributed by atoms with Gasteiger partial charge in [-0.2, -0.15) is 8.42 Å². The van der Waals surface area contributed by atoms with Crippen LogP contribution >= 0.6 is 0 Å². The van der Waals surface area contributed by atoms with Gasteiger partial charge in [-0.05, 0) is 25.5 Å². The van der Waals surface area contributed by atoms with Gasteiger partial charge < -0.3 is 25.5 Å². The molecule has 0 saturated heterocycles. The number of aromatic nitrogens is 2. The van der Waals surface area contributed by atoms with E-state index in [1.807, 2.05) is 13.8 Å². The topological polar surface area (TPSA) is 155 Å². The molecule has 0 fully saturated rings. The highest BCUT2D eigenvalue weighted by Crippen LogP contribution is 2.22. The summed E-state index contributed by atoms with van der Waals surface area (Å²) in [5.74, 6) is -1.50. The van der Waals surface area contributed by atoms with E-state index in [9.17, 15) is 22.8 Å². The van der Waals surface area contributed by atoms with Gasteiger partial charge in [-0.25, -0.2) is 0 Å². The lowest BCUT2D eigenvalue weighted by atomic mass is 10.2. The molecule has 2 aromatic rings. The van der Waals surface area contributed by atoms with Crippen molar-refractivity contribution in [2.45, 2.75) is 32.7 Å². The van der Waals surface area contributed by atoms with Crippen molar-refractivity contribution in [3.05, 3.63) is 35.9 Å². The van der Waals surface area contributed by atoms with Gasteiger partial charge in [0, 0.05) is 25.5 Å². The fourth-order valence-corrected chi connectivity index (χ4v) is 3.26. The van der Waals surface area contributed by atoms with Gasteiger partial charge in [0.2, 0.25) is 5.91 Å². The number of nitrogens with one attached hydrogen (secondary N) is 2. The number of rotatable bonds is 10. The van der Waals surface area contributed by atoms with E-state index >= 15 is 0 Å². The van der Waals surface area contributed by atoms with E-state index in [1.165, 1.54) is 16.7 Å². The fourth-order valence-electron chi connectivity index (χ4n) is 2.87. The molecule has 3 amide bonds. The van der Waals surface area contributed by atoms with Crippen LogP contribution in [0.5, 0.6) is 0 Å². The van der Waals surface area contributed by atoms with E-state index in [0.29, 0.717) is 17.1 Å². The standard InChI is InChI=1S/C19H27N5O6S/c1-5-12(2)24-11-14(8-15(24)18(20)26)22-19(27)16-9-13(10-23(16)3)21-17(25)6-7-30-31(4,28)29/h8-12H,5-7H2,1-4H3,(H2,20,26)(H,21,25)(H,22,27)/t12-/m1/s1. The third-order valence-electron chi connectivity index (χ3n) is 4.57. The van der Waals surface area contributed by atoms with Crippen LogP contribution in [0.2, 0.25) is 0 Å². The Morgan fingerprint density at radius 1 is 1.13 bits per heavy atom. The first-order valence-electron chi connectivity index (χ1n) is 9.55.